The van der Waals surface area contributed by atoms with Crippen LogP contribution < -0.4 is 0 Å². The Hall–Kier alpha value is -3.13. The van der Waals surface area contributed by atoms with E-state index in [1.165, 1.54) is 27.1 Å². The molecule has 0 saturated heterocycles. The summed E-state index contributed by atoms with van der Waals surface area (Å²) >= 11 is 0. The lowest BCUT2D eigenvalue weighted by atomic mass is 9.95. The van der Waals surface area contributed by atoms with E-state index >= 15 is 0 Å². The molecule has 0 atom stereocenters. The second-order valence-corrected chi connectivity index (χ2v) is 8.14. The Balaban J connectivity index is 2.10. The molecule has 0 amide bonds. The summed E-state index contributed by atoms with van der Waals surface area (Å²) in [5, 5.41) is 5.00. The molecule has 1 heterocycles. The van der Waals surface area contributed by atoms with Gasteiger partial charge in [-0.05, 0) is 22.9 Å². The Morgan fingerprint density at radius 3 is 1.78 bits per heavy atom. The van der Waals surface area contributed by atoms with Crippen LogP contribution in [0, 0.1) is 0 Å². The zero-order valence-electron chi connectivity index (χ0n) is 15.9. The molecule has 0 saturated carbocycles. The minimum absolute atomic E-state index is 0.0724. The molecule has 2 nitrogen and oxygen atoms in total. The van der Waals surface area contributed by atoms with Gasteiger partial charge in [0.15, 0.2) is 0 Å². The Kier molecular flexibility index (Phi) is 3.38. The lowest BCUT2D eigenvalue weighted by Gasteiger charge is -2.20. The monoisotopic (exact) mass is 350 g/mol. The van der Waals surface area contributed by atoms with Gasteiger partial charge in [-0.2, -0.15) is 0 Å². The number of aromatic nitrogens is 2. The Labute approximate surface area is 159 Å². The number of benzene rings is 4. The second kappa shape index (κ2) is 5.68. The SMILES string of the molecule is CC(C)(C)c1nc2c3ccccc3c3ccccc3c2n1-c1ccccc1. The molecular weight excluding hydrogens is 328 g/mol. The van der Waals surface area contributed by atoms with Crippen molar-refractivity contribution < 1.29 is 0 Å². The number of rotatable bonds is 1. The lowest BCUT2D eigenvalue weighted by molar-refractivity contribution is 0.539. The normalized spacial score (nSPS) is 12.3. The first-order chi connectivity index (χ1) is 13.1. The molecule has 1 aromatic heterocycles. The Morgan fingerprint density at radius 2 is 1.15 bits per heavy atom. The Bertz CT molecular complexity index is 1290. The van der Waals surface area contributed by atoms with Gasteiger partial charge in [0.1, 0.15) is 5.82 Å². The standard InChI is InChI=1S/C25H22N2/c1-25(2,3)24-26-22-20-15-9-7-13-18(20)19-14-8-10-16-21(19)23(22)27(24)17-11-5-4-6-12-17/h4-16H,1-3H3. The average Bonchev–Trinajstić information content (AvgIpc) is 3.10. The first-order valence-corrected chi connectivity index (χ1v) is 9.43. The molecule has 4 aromatic carbocycles. The summed E-state index contributed by atoms with van der Waals surface area (Å²) in [6, 6.07) is 27.9. The fourth-order valence-electron chi connectivity index (χ4n) is 4.04. The van der Waals surface area contributed by atoms with Crippen LogP contribution in [0.25, 0.3) is 38.3 Å². The van der Waals surface area contributed by atoms with Crippen molar-refractivity contribution in [2.75, 3.05) is 0 Å². The summed E-state index contributed by atoms with van der Waals surface area (Å²) in [6.07, 6.45) is 0. The van der Waals surface area contributed by atoms with Crippen LogP contribution in [-0.2, 0) is 5.41 Å². The fraction of sp³-hybridized carbons (Fsp3) is 0.160. The number of hydrogen-bond donors (Lipinski definition) is 0. The smallest absolute Gasteiger partial charge is 0.119 e. The van der Waals surface area contributed by atoms with E-state index < -0.39 is 0 Å². The minimum Gasteiger partial charge on any atom is -0.295 e. The molecule has 0 aliphatic carbocycles. The topological polar surface area (TPSA) is 17.8 Å². The van der Waals surface area contributed by atoms with Gasteiger partial charge >= 0.3 is 0 Å². The molecule has 0 spiro atoms. The molecule has 2 heteroatoms. The Morgan fingerprint density at radius 1 is 0.630 bits per heavy atom. The highest BCUT2D eigenvalue weighted by Crippen LogP contribution is 2.38. The van der Waals surface area contributed by atoms with Crippen molar-refractivity contribution in [3.8, 4) is 5.69 Å². The molecule has 0 N–H and O–H groups in total. The molecular formula is C25H22N2. The fourth-order valence-corrected chi connectivity index (χ4v) is 4.04. The van der Waals surface area contributed by atoms with Crippen LogP contribution in [0.2, 0.25) is 0 Å². The summed E-state index contributed by atoms with van der Waals surface area (Å²) in [7, 11) is 0. The van der Waals surface area contributed by atoms with Crippen LogP contribution in [0.1, 0.15) is 26.6 Å². The number of para-hydroxylation sites is 1. The van der Waals surface area contributed by atoms with Gasteiger partial charge in [-0.25, -0.2) is 4.98 Å². The number of imidazole rings is 1. The van der Waals surface area contributed by atoms with Crippen molar-refractivity contribution in [1.29, 1.82) is 0 Å². The van der Waals surface area contributed by atoms with E-state index in [0.29, 0.717) is 0 Å². The molecule has 0 aliphatic rings. The third-order valence-corrected chi connectivity index (χ3v) is 5.22. The molecule has 27 heavy (non-hydrogen) atoms. The van der Waals surface area contributed by atoms with Crippen LogP contribution in [0.15, 0.2) is 78.9 Å². The van der Waals surface area contributed by atoms with Crippen LogP contribution >= 0.6 is 0 Å². The lowest BCUT2D eigenvalue weighted by Crippen LogP contribution is -2.18. The third-order valence-electron chi connectivity index (χ3n) is 5.22. The molecule has 0 fully saturated rings. The van der Waals surface area contributed by atoms with Gasteiger partial charge in [-0.1, -0.05) is 87.5 Å². The van der Waals surface area contributed by atoms with E-state index in [1.54, 1.807) is 0 Å². The molecule has 0 radical (unpaired) electrons. The van der Waals surface area contributed by atoms with E-state index in [1.807, 2.05) is 0 Å². The van der Waals surface area contributed by atoms with Crippen molar-refractivity contribution in [1.82, 2.24) is 9.55 Å². The van der Waals surface area contributed by atoms with Crippen molar-refractivity contribution in [3.63, 3.8) is 0 Å². The quantitative estimate of drug-likeness (QED) is 0.310. The molecule has 132 valence electrons. The number of nitrogens with zero attached hydrogens (tertiary/aromatic N) is 2. The minimum atomic E-state index is -0.0724. The van der Waals surface area contributed by atoms with Gasteiger partial charge in [-0.15, -0.1) is 0 Å². The van der Waals surface area contributed by atoms with E-state index in [4.69, 9.17) is 4.98 Å². The van der Waals surface area contributed by atoms with Crippen LogP contribution in [0.4, 0.5) is 0 Å². The van der Waals surface area contributed by atoms with Gasteiger partial charge in [0.25, 0.3) is 0 Å². The molecule has 5 aromatic rings. The maximum Gasteiger partial charge on any atom is 0.119 e. The maximum absolute atomic E-state index is 5.20. The highest BCUT2D eigenvalue weighted by Gasteiger charge is 2.26. The molecule has 0 aliphatic heterocycles. The van der Waals surface area contributed by atoms with Gasteiger partial charge < -0.3 is 0 Å². The first-order valence-electron chi connectivity index (χ1n) is 9.43. The van der Waals surface area contributed by atoms with Crippen molar-refractivity contribution >= 4 is 32.6 Å². The third kappa shape index (κ3) is 2.37. The van der Waals surface area contributed by atoms with E-state index in [0.717, 1.165) is 17.0 Å². The summed E-state index contributed by atoms with van der Waals surface area (Å²) in [6.45, 7) is 6.70. The van der Waals surface area contributed by atoms with Crippen LogP contribution in [-0.4, -0.2) is 9.55 Å². The zero-order valence-corrected chi connectivity index (χ0v) is 15.9. The molecule has 5 rings (SSSR count). The van der Waals surface area contributed by atoms with Crippen LogP contribution in [0.3, 0.4) is 0 Å². The summed E-state index contributed by atoms with van der Waals surface area (Å²) in [4.78, 5) is 5.20. The summed E-state index contributed by atoms with van der Waals surface area (Å²) in [5.41, 5.74) is 3.36. The van der Waals surface area contributed by atoms with Gasteiger partial charge in [-0.3, -0.25) is 4.57 Å². The number of hydrogen-bond acceptors (Lipinski definition) is 1. The van der Waals surface area contributed by atoms with Crippen LogP contribution in [0.5, 0.6) is 0 Å². The summed E-state index contributed by atoms with van der Waals surface area (Å²) < 4.78 is 2.35. The number of fused-ring (bicyclic) bond motifs is 6. The zero-order chi connectivity index (χ0) is 18.6. The van der Waals surface area contributed by atoms with Gasteiger partial charge in [0.05, 0.1) is 11.0 Å². The van der Waals surface area contributed by atoms with Gasteiger partial charge in [0.2, 0.25) is 0 Å². The molecule has 0 bridgehead atoms. The highest BCUT2D eigenvalue weighted by molar-refractivity contribution is 6.23. The summed E-state index contributed by atoms with van der Waals surface area (Å²) in [5.74, 6) is 1.09. The van der Waals surface area contributed by atoms with Crippen molar-refractivity contribution in [2.24, 2.45) is 0 Å². The van der Waals surface area contributed by atoms with Crippen molar-refractivity contribution in [3.05, 3.63) is 84.7 Å². The predicted molar refractivity (Wildman–Crippen MR) is 115 cm³/mol. The predicted octanol–water partition coefficient (Wildman–Crippen LogP) is 6.63. The molecule has 0 unspecified atom stereocenters. The second-order valence-electron chi connectivity index (χ2n) is 8.14. The van der Waals surface area contributed by atoms with Gasteiger partial charge in [0, 0.05) is 21.9 Å². The maximum atomic E-state index is 5.20. The van der Waals surface area contributed by atoms with E-state index in [-0.39, 0.29) is 5.41 Å². The highest BCUT2D eigenvalue weighted by atomic mass is 15.1. The average molecular weight is 350 g/mol. The van der Waals surface area contributed by atoms with E-state index in [2.05, 4.69) is 104 Å². The first kappa shape index (κ1) is 16.1. The van der Waals surface area contributed by atoms with E-state index in [9.17, 15) is 0 Å². The largest absolute Gasteiger partial charge is 0.295 e. The van der Waals surface area contributed by atoms with Crippen molar-refractivity contribution in [2.45, 2.75) is 26.2 Å².